The van der Waals surface area contributed by atoms with Crippen LogP contribution in [-0.2, 0) is 16.0 Å². The van der Waals surface area contributed by atoms with Crippen LogP contribution in [0.1, 0.15) is 18.2 Å². The number of urea groups is 1. The Kier molecular flexibility index (Phi) is 5.67. The molecule has 6 nitrogen and oxygen atoms in total. The molecule has 2 heterocycles. The van der Waals surface area contributed by atoms with Crippen molar-refractivity contribution < 1.29 is 18.8 Å². The zero-order valence-electron chi connectivity index (χ0n) is 16.3. The molecule has 1 aromatic heterocycles. The summed E-state index contributed by atoms with van der Waals surface area (Å²) in [5.74, 6) is -0.863. The number of carbonyl (C=O) groups is 3. The quantitative estimate of drug-likeness (QED) is 0.417. The molecule has 0 bridgehead atoms. The number of rotatable bonds is 4. The van der Waals surface area contributed by atoms with Crippen molar-refractivity contribution in [1.82, 2.24) is 5.32 Å². The van der Waals surface area contributed by atoms with E-state index in [2.05, 4.69) is 5.32 Å². The van der Waals surface area contributed by atoms with E-state index >= 15 is 0 Å². The monoisotopic (exact) mass is 454 g/mol. The van der Waals surface area contributed by atoms with E-state index in [0.717, 1.165) is 16.9 Å². The van der Waals surface area contributed by atoms with E-state index in [1.807, 2.05) is 19.1 Å². The molecule has 0 radical (unpaired) electrons. The number of nitrogens with zero attached hydrogens (tertiary/aromatic N) is 1. The van der Waals surface area contributed by atoms with E-state index in [9.17, 15) is 14.4 Å². The van der Waals surface area contributed by atoms with Crippen molar-refractivity contribution in [2.75, 3.05) is 4.90 Å². The fourth-order valence-electron chi connectivity index (χ4n) is 3.18. The van der Waals surface area contributed by atoms with Gasteiger partial charge in [-0.05, 0) is 60.5 Å². The molecule has 156 valence electrons. The molecular formula is C23H16Cl2N2O4. The highest BCUT2D eigenvalue weighted by Crippen LogP contribution is 2.32. The van der Waals surface area contributed by atoms with E-state index in [4.69, 9.17) is 27.6 Å². The Morgan fingerprint density at radius 1 is 1.00 bits per heavy atom. The van der Waals surface area contributed by atoms with Crippen LogP contribution in [0.2, 0.25) is 10.0 Å². The Hall–Kier alpha value is -3.35. The predicted octanol–water partition coefficient (Wildman–Crippen LogP) is 5.48. The average Bonchev–Trinajstić information content (AvgIpc) is 3.21. The molecule has 0 unspecified atom stereocenters. The molecule has 2 aromatic carbocycles. The maximum atomic E-state index is 13.0. The van der Waals surface area contributed by atoms with Crippen molar-refractivity contribution in [2.45, 2.75) is 13.3 Å². The Bertz CT molecular complexity index is 1230. The topological polar surface area (TPSA) is 79.6 Å². The number of benzene rings is 2. The molecule has 0 spiro atoms. The molecule has 8 heteroatoms. The molecule has 0 atom stereocenters. The number of anilines is 1. The van der Waals surface area contributed by atoms with E-state index in [1.165, 1.54) is 6.08 Å². The summed E-state index contributed by atoms with van der Waals surface area (Å²) >= 11 is 12.2. The van der Waals surface area contributed by atoms with E-state index in [1.54, 1.807) is 42.5 Å². The second-order valence-corrected chi connectivity index (χ2v) is 7.65. The van der Waals surface area contributed by atoms with Crippen LogP contribution in [0.4, 0.5) is 10.5 Å². The maximum Gasteiger partial charge on any atom is 0.335 e. The molecule has 0 saturated carbocycles. The number of imide groups is 2. The Balaban J connectivity index is 1.67. The molecule has 3 aromatic rings. The lowest BCUT2D eigenvalue weighted by atomic mass is 10.1. The van der Waals surface area contributed by atoms with Gasteiger partial charge in [-0.1, -0.05) is 42.3 Å². The largest absolute Gasteiger partial charge is 0.457 e. The highest BCUT2D eigenvalue weighted by molar-refractivity contribution is 6.39. The van der Waals surface area contributed by atoms with Gasteiger partial charge in [0, 0.05) is 10.6 Å². The first-order valence-corrected chi connectivity index (χ1v) is 10.2. The van der Waals surface area contributed by atoms with Gasteiger partial charge in [0.2, 0.25) is 0 Å². The summed E-state index contributed by atoms with van der Waals surface area (Å²) in [6.07, 6.45) is 2.11. The van der Waals surface area contributed by atoms with Crippen molar-refractivity contribution >= 4 is 52.8 Å². The number of aryl methyl sites for hydroxylation is 1. The van der Waals surface area contributed by atoms with Gasteiger partial charge in [-0.2, -0.15) is 0 Å². The fourth-order valence-corrected chi connectivity index (χ4v) is 3.56. The van der Waals surface area contributed by atoms with E-state index in [0.29, 0.717) is 27.1 Å². The number of hydrogen-bond acceptors (Lipinski definition) is 4. The molecule has 1 aliphatic heterocycles. The van der Waals surface area contributed by atoms with Gasteiger partial charge >= 0.3 is 6.03 Å². The number of furan rings is 1. The average molecular weight is 455 g/mol. The molecule has 31 heavy (non-hydrogen) atoms. The first-order valence-electron chi connectivity index (χ1n) is 9.43. The molecule has 4 amide bonds. The summed E-state index contributed by atoms with van der Waals surface area (Å²) < 4.78 is 5.75. The molecule has 1 fully saturated rings. The molecule has 0 aliphatic carbocycles. The maximum absolute atomic E-state index is 13.0. The minimum absolute atomic E-state index is 0.225. The van der Waals surface area contributed by atoms with Crippen LogP contribution in [0.15, 0.2) is 64.6 Å². The van der Waals surface area contributed by atoms with Crippen molar-refractivity contribution in [3.8, 4) is 11.3 Å². The van der Waals surface area contributed by atoms with Crippen LogP contribution in [0, 0.1) is 0 Å². The van der Waals surface area contributed by atoms with Gasteiger partial charge in [-0.15, -0.1) is 0 Å². The van der Waals surface area contributed by atoms with Gasteiger partial charge in [0.05, 0.1) is 10.7 Å². The summed E-state index contributed by atoms with van der Waals surface area (Å²) in [7, 11) is 0. The van der Waals surface area contributed by atoms with Crippen LogP contribution in [0.3, 0.4) is 0 Å². The number of amides is 4. The van der Waals surface area contributed by atoms with Crippen molar-refractivity contribution in [1.29, 1.82) is 0 Å². The van der Waals surface area contributed by atoms with Crippen molar-refractivity contribution in [3.05, 3.63) is 81.5 Å². The summed E-state index contributed by atoms with van der Waals surface area (Å²) in [5.41, 5.74) is 1.77. The lowest BCUT2D eigenvalue weighted by Gasteiger charge is -2.26. The van der Waals surface area contributed by atoms with Gasteiger partial charge < -0.3 is 4.42 Å². The number of hydrogen-bond donors (Lipinski definition) is 1. The van der Waals surface area contributed by atoms with Crippen molar-refractivity contribution in [3.63, 3.8) is 0 Å². The number of nitrogens with one attached hydrogen (secondary N) is 1. The van der Waals surface area contributed by atoms with Crippen LogP contribution in [0.5, 0.6) is 0 Å². The summed E-state index contributed by atoms with van der Waals surface area (Å²) in [4.78, 5) is 38.6. The van der Waals surface area contributed by atoms with Gasteiger partial charge in [-0.3, -0.25) is 14.9 Å². The van der Waals surface area contributed by atoms with Gasteiger partial charge in [-0.25, -0.2) is 9.69 Å². The smallest absolute Gasteiger partial charge is 0.335 e. The minimum Gasteiger partial charge on any atom is -0.457 e. The van der Waals surface area contributed by atoms with Gasteiger partial charge in [0.1, 0.15) is 17.1 Å². The van der Waals surface area contributed by atoms with Crippen LogP contribution in [0.25, 0.3) is 17.4 Å². The normalized spacial score (nSPS) is 15.5. The predicted molar refractivity (Wildman–Crippen MR) is 119 cm³/mol. The van der Waals surface area contributed by atoms with E-state index in [-0.39, 0.29) is 11.3 Å². The Morgan fingerprint density at radius 2 is 1.74 bits per heavy atom. The number of carbonyl (C=O) groups excluding carboxylic acids is 3. The molecular weight excluding hydrogens is 439 g/mol. The highest BCUT2D eigenvalue weighted by atomic mass is 35.5. The molecule has 1 saturated heterocycles. The fraction of sp³-hybridized carbons (Fsp3) is 0.0870. The van der Waals surface area contributed by atoms with Gasteiger partial charge in [0.25, 0.3) is 11.8 Å². The summed E-state index contributed by atoms with van der Waals surface area (Å²) in [6.45, 7) is 2.00. The van der Waals surface area contributed by atoms with Crippen LogP contribution < -0.4 is 10.2 Å². The summed E-state index contributed by atoms with van der Waals surface area (Å²) in [6, 6.07) is 14.4. The molecule has 4 rings (SSSR count). The third-order valence-corrected chi connectivity index (χ3v) is 5.38. The number of halogens is 2. The standard InChI is InChI=1S/C23H16Cl2N2O4/c1-2-13-3-6-15(7-4-13)27-22(29)18(21(28)26-23(27)30)12-16-8-10-20(31-16)17-11-14(24)5-9-19(17)25/h3-12H,2H2,1H3,(H,26,28,30)/b18-12-. The van der Waals surface area contributed by atoms with Gasteiger partial charge in [0.15, 0.2) is 0 Å². The third kappa shape index (κ3) is 4.13. The Labute approximate surface area is 188 Å². The Morgan fingerprint density at radius 3 is 2.45 bits per heavy atom. The lowest BCUT2D eigenvalue weighted by molar-refractivity contribution is -0.122. The minimum atomic E-state index is -0.803. The van der Waals surface area contributed by atoms with Crippen LogP contribution in [-0.4, -0.2) is 17.8 Å². The summed E-state index contributed by atoms with van der Waals surface area (Å²) in [5, 5.41) is 3.12. The first kappa shape index (κ1) is 20.9. The molecule has 1 aliphatic rings. The van der Waals surface area contributed by atoms with Crippen molar-refractivity contribution in [2.24, 2.45) is 0 Å². The zero-order chi connectivity index (χ0) is 22.1. The highest BCUT2D eigenvalue weighted by Gasteiger charge is 2.37. The first-order chi connectivity index (χ1) is 14.9. The van der Waals surface area contributed by atoms with Crippen LogP contribution >= 0.6 is 23.2 Å². The molecule has 1 N–H and O–H groups in total. The second-order valence-electron chi connectivity index (χ2n) is 6.80. The lowest BCUT2D eigenvalue weighted by Crippen LogP contribution is -2.54. The second kappa shape index (κ2) is 8.41. The third-order valence-electron chi connectivity index (χ3n) is 4.81. The zero-order valence-corrected chi connectivity index (χ0v) is 17.8. The number of barbiturate groups is 1. The van der Waals surface area contributed by atoms with E-state index < -0.39 is 17.8 Å². The SMILES string of the molecule is CCc1ccc(N2C(=O)NC(=O)/C(=C/c3ccc(-c4cc(Cl)ccc4Cl)o3)C2=O)cc1.